The van der Waals surface area contributed by atoms with Crippen molar-refractivity contribution in [3.63, 3.8) is 0 Å². The Morgan fingerprint density at radius 1 is 1.40 bits per heavy atom. The Hall–Kier alpha value is -1.29. The van der Waals surface area contributed by atoms with E-state index in [-0.39, 0.29) is 5.91 Å². The lowest BCUT2D eigenvalue weighted by atomic mass is 9.93. The highest BCUT2D eigenvalue weighted by atomic mass is 35.5. The summed E-state index contributed by atoms with van der Waals surface area (Å²) in [5.41, 5.74) is 1.14. The van der Waals surface area contributed by atoms with Crippen molar-refractivity contribution >= 4 is 23.3 Å². The number of hydrogen-bond acceptors (Lipinski definition) is 3. The Bertz CT molecular complexity index is 456. The van der Waals surface area contributed by atoms with Gasteiger partial charge < -0.3 is 9.80 Å². The molecule has 20 heavy (non-hydrogen) atoms. The Labute approximate surface area is 125 Å². The van der Waals surface area contributed by atoms with Crippen molar-refractivity contribution in [1.29, 1.82) is 0 Å². The number of carbonyl (C=O) groups excluding carboxylic acids is 1. The van der Waals surface area contributed by atoms with Crippen molar-refractivity contribution < 1.29 is 4.79 Å². The number of likely N-dealkylation sites (tertiary alicyclic amines) is 1. The van der Waals surface area contributed by atoms with Crippen LogP contribution in [0.15, 0.2) is 18.2 Å². The van der Waals surface area contributed by atoms with E-state index in [1.165, 1.54) is 0 Å². The highest BCUT2D eigenvalue weighted by Crippen LogP contribution is 2.28. The number of pyridine rings is 1. The third kappa shape index (κ3) is 3.63. The van der Waals surface area contributed by atoms with Gasteiger partial charge in [0.15, 0.2) is 0 Å². The molecule has 0 radical (unpaired) electrons. The Morgan fingerprint density at radius 2 is 2.10 bits per heavy atom. The van der Waals surface area contributed by atoms with Crippen LogP contribution in [0.4, 0.5) is 5.82 Å². The third-order valence-electron chi connectivity index (χ3n) is 3.79. The molecule has 0 saturated carbocycles. The van der Waals surface area contributed by atoms with E-state index in [0.29, 0.717) is 18.2 Å². The summed E-state index contributed by atoms with van der Waals surface area (Å²) < 4.78 is 0. The smallest absolute Gasteiger partial charge is 0.223 e. The number of halogens is 1. The zero-order valence-electron chi connectivity index (χ0n) is 12.2. The average molecular weight is 296 g/mol. The molecular formula is C15H22ClN3O. The highest BCUT2D eigenvalue weighted by molar-refractivity contribution is 6.18. The molecule has 0 aliphatic carbocycles. The fourth-order valence-electron chi connectivity index (χ4n) is 2.58. The Kier molecular flexibility index (Phi) is 5.24. The summed E-state index contributed by atoms with van der Waals surface area (Å²) in [7, 11) is 4.00. The minimum atomic E-state index is 0.174. The number of rotatable bonds is 4. The van der Waals surface area contributed by atoms with Gasteiger partial charge in [-0.25, -0.2) is 4.98 Å². The molecule has 1 amide bonds. The summed E-state index contributed by atoms with van der Waals surface area (Å²) in [5, 5.41) is 0. The van der Waals surface area contributed by atoms with E-state index in [4.69, 9.17) is 16.6 Å². The van der Waals surface area contributed by atoms with E-state index >= 15 is 0 Å². The lowest BCUT2D eigenvalue weighted by Crippen LogP contribution is -2.38. The molecular weight excluding hydrogens is 274 g/mol. The second-order valence-corrected chi connectivity index (χ2v) is 5.79. The largest absolute Gasteiger partial charge is 0.363 e. The SMILES string of the molecule is CN(C)c1cccc(C2CCN(C(=O)CCCl)CC2)n1. The van der Waals surface area contributed by atoms with Crippen molar-refractivity contribution in [2.75, 3.05) is 38.0 Å². The molecule has 4 nitrogen and oxygen atoms in total. The number of aromatic nitrogens is 1. The van der Waals surface area contributed by atoms with Gasteiger partial charge in [-0.1, -0.05) is 6.07 Å². The van der Waals surface area contributed by atoms with Crippen LogP contribution in [0.5, 0.6) is 0 Å². The maximum Gasteiger partial charge on any atom is 0.223 e. The average Bonchev–Trinajstić information content (AvgIpc) is 2.48. The minimum Gasteiger partial charge on any atom is -0.363 e. The number of carbonyl (C=O) groups is 1. The molecule has 2 heterocycles. The van der Waals surface area contributed by atoms with Gasteiger partial charge in [0, 0.05) is 51.1 Å². The molecule has 1 fully saturated rings. The fraction of sp³-hybridized carbons (Fsp3) is 0.600. The molecule has 2 rings (SSSR count). The molecule has 0 unspecified atom stereocenters. The molecule has 5 heteroatoms. The van der Waals surface area contributed by atoms with Crippen molar-refractivity contribution in [3.05, 3.63) is 23.9 Å². The van der Waals surface area contributed by atoms with E-state index < -0.39 is 0 Å². The Balaban J connectivity index is 1.97. The van der Waals surface area contributed by atoms with Crippen molar-refractivity contribution in [1.82, 2.24) is 9.88 Å². The number of nitrogens with zero attached hydrogens (tertiary/aromatic N) is 3. The third-order valence-corrected chi connectivity index (χ3v) is 3.98. The Morgan fingerprint density at radius 3 is 2.70 bits per heavy atom. The van der Waals surface area contributed by atoms with Gasteiger partial charge in [0.05, 0.1) is 0 Å². The number of alkyl halides is 1. The molecule has 1 aromatic heterocycles. The van der Waals surface area contributed by atoms with Gasteiger partial charge in [0.2, 0.25) is 5.91 Å². The lowest BCUT2D eigenvalue weighted by Gasteiger charge is -2.32. The summed E-state index contributed by atoms with van der Waals surface area (Å²) in [6, 6.07) is 6.17. The summed E-state index contributed by atoms with van der Waals surface area (Å²) >= 11 is 5.63. The van der Waals surface area contributed by atoms with E-state index in [1.807, 2.05) is 30.0 Å². The van der Waals surface area contributed by atoms with Crippen LogP contribution in [0.1, 0.15) is 30.9 Å². The van der Waals surface area contributed by atoms with Crippen LogP contribution in [0.25, 0.3) is 0 Å². The van der Waals surface area contributed by atoms with Gasteiger partial charge in [-0.15, -0.1) is 11.6 Å². The van der Waals surface area contributed by atoms with Gasteiger partial charge in [-0.3, -0.25) is 4.79 Å². The normalized spacial score (nSPS) is 16.2. The van der Waals surface area contributed by atoms with Crippen LogP contribution in [-0.4, -0.2) is 48.9 Å². The molecule has 1 aliphatic rings. The van der Waals surface area contributed by atoms with Crippen LogP contribution in [0.3, 0.4) is 0 Å². The number of anilines is 1. The first-order valence-electron chi connectivity index (χ1n) is 7.10. The van der Waals surface area contributed by atoms with Crippen LogP contribution in [0, 0.1) is 0 Å². The van der Waals surface area contributed by atoms with Crippen molar-refractivity contribution in [2.24, 2.45) is 0 Å². The lowest BCUT2D eigenvalue weighted by molar-refractivity contribution is -0.131. The monoisotopic (exact) mass is 295 g/mol. The summed E-state index contributed by atoms with van der Waals surface area (Å²) in [6.07, 6.45) is 2.41. The number of amides is 1. The number of hydrogen-bond donors (Lipinski definition) is 0. The second kappa shape index (κ2) is 6.93. The van der Waals surface area contributed by atoms with E-state index in [1.54, 1.807) is 0 Å². The highest BCUT2D eigenvalue weighted by Gasteiger charge is 2.24. The molecule has 0 N–H and O–H groups in total. The maximum atomic E-state index is 11.8. The van der Waals surface area contributed by atoms with E-state index in [0.717, 1.165) is 37.4 Å². The number of piperidine rings is 1. The molecule has 0 aromatic carbocycles. The predicted octanol–water partition coefficient (Wildman–Crippen LogP) is 2.48. The van der Waals surface area contributed by atoms with Crippen molar-refractivity contribution in [3.8, 4) is 0 Å². The predicted molar refractivity (Wildman–Crippen MR) is 82.5 cm³/mol. The van der Waals surface area contributed by atoms with Gasteiger partial charge in [-0.2, -0.15) is 0 Å². The maximum absolute atomic E-state index is 11.8. The fourth-order valence-corrected chi connectivity index (χ4v) is 2.74. The first-order valence-corrected chi connectivity index (χ1v) is 7.63. The van der Waals surface area contributed by atoms with Crippen LogP contribution < -0.4 is 4.90 Å². The van der Waals surface area contributed by atoms with E-state index in [9.17, 15) is 4.79 Å². The summed E-state index contributed by atoms with van der Waals surface area (Å²) in [5.74, 6) is 2.03. The second-order valence-electron chi connectivity index (χ2n) is 5.41. The zero-order valence-corrected chi connectivity index (χ0v) is 12.9. The van der Waals surface area contributed by atoms with Crippen molar-refractivity contribution in [2.45, 2.75) is 25.2 Å². The first kappa shape index (κ1) is 15.1. The molecule has 110 valence electrons. The molecule has 1 aromatic rings. The molecule has 1 aliphatic heterocycles. The first-order chi connectivity index (χ1) is 9.61. The van der Waals surface area contributed by atoms with Gasteiger partial charge >= 0.3 is 0 Å². The molecule has 1 saturated heterocycles. The quantitative estimate of drug-likeness (QED) is 0.801. The minimum absolute atomic E-state index is 0.174. The van der Waals surface area contributed by atoms with Crippen LogP contribution in [-0.2, 0) is 4.79 Å². The molecule has 0 atom stereocenters. The summed E-state index contributed by atoms with van der Waals surface area (Å²) in [4.78, 5) is 20.4. The van der Waals surface area contributed by atoms with Crippen LogP contribution in [0.2, 0.25) is 0 Å². The molecule has 0 spiro atoms. The van der Waals surface area contributed by atoms with E-state index in [2.05, 4.69) is 12.1 Å². The summed E-state index contributed by atoms with van der Waals surface area (Å²) in [6.45, 7) is 1.63. The zero-order chi connectivity index (χ0) is 14.5. The standard InChI is InChI=1S/C15H22ClN3O/c1-18(2)14-5-3-4-13(17-14)12-7-10-19(11-8-12)15(20)6-9-16/h3-5,12H,6-11H2,1-2H3. The topological polar surface area (TPSA) is 36.4 Å². The van der Waals surface area contributed by atoms with Gasteiger partial charge in [0.25, 0.3) is 0 Å². The van der Waals surface area contributed by atoms with Crippen LogP contribution >= 0.6 is 11.6 Å². The van der Waals surface area contributed by atoms with Gasteiger partial charge in [0.1, 0.15) is 5.82 Å². The molecule has 0 bridgehead atoms. The van der Waals surface area contributed by atoms with Gasteiger partial charge in [-0.05, 0) is 25.0 Å².